The van der Waals surface area contributed by atoms with Crippen LogP contribution in [-0.4, -0.2) is 48.9 Å². The molecule has 0 aliphatic carbocycles. The minimum absolute atomic E-state index is 0.0265. The van der Waals surface area contributed by atoms with E-state index in [4.69, 9.17) is 4.74 Å². The highest BCUT2D eigenvalue weighted by Crippen LogP contribution is 2.14. The molecule has 0 aliphatic heterocycles. The molecular weight excluding hydrogens is 268 g/mol. The molecule has 0 saturated carbocycles. The Morgan fingerprint density at radius 2 is 2.14 bits per heavy atom. The van der Waals surface area contributed by atoms with E-state index in [1.807, 2.05) is 31.2 Å². The van der Waals surface area contributed by atoms with Crippen molar-refractivity contribution in [2.75, 3.05) is 20.7 Å². The van der Waals surface area contributed by atoms with E-state index in [1.54, 1.807) is 26.0 Å². The molecule has 0 bridgehead atoms. The van der Waals surface area contributed by atoms with Crippen molar-refractivity contribution in [2.24, 2.45) is 0 Å². The summed E-state index contributed by atoms with van der Waals surface area (Å²) < 4.78 is 5.19. The Balaban J connectivity index is 2.44. The van der Waals surface area contributed by atoms with Gasteiger partial charge in [-0.15, -0.1) is 0 Å². The lowest BCUT2D eigenvalue weighted by Gasteiger charge is -2.22. The molecule has 5 nitrogen and oxygen atoms in total. The molecule has 5 heteroatoms. The first-order valence-electron chi connectivity index (χ1n) is 7.25. The Morgan fingerprint density at radius 1 is 1.43 bits per heavy atom. The summed E-state index contributed by atoms with van der Waals surface area (Å²) in [5.41, 5.74) is 1.12. The Kier molecular flexibility index (Phi) is 7.02. The number of benzene rings is 1. The van der Waals surface area contributed by atoms with E-state index in [0.717, 1.165) is 17.7 Å². The number of hydrogen-bond donors (Lipinski definition) is 2. The first-order valence-corrected chi connectivity index (χ1v) is 7.25. The Labute approximate surface area is 126 Å². The van der Waals surface area contributed by atoms with Crippen molar-refractivity contribution in [1.29, 1.82) is 0 Å². The number of nitrogens with zero attached hydrogens (tertiary/aromatic N) is 1. The topological polar surface area (TPSA) is 61.8 Å². The zero-order chi connectivity index (χ0) is 15.8. The third-order valence-electron chi connectivity index (χ3n) is 3.27. The van der Waals surface area contributed by atoms with Gasteiger partial charge in [-0.1, -0.05) is 12.1 Å². The molecule has 0 fully saturated rings. The number of carbonyl (C=O) groups excluding carboxylic acids is 1. The molecule has 0 aliphatic rings. The lowest BCUT2D eigenvalue weighted by molar-refractivity contribution is 0.162. The summed E-state index contributed by atoms with van der Waals surface area (Å²) in [6, 6.07) is 7.74. The summed E-state index contributed by atoms with van der Waals surface area (Å²) in [5.74, 6) is 0.820. The van der Waals surface area contributed by atoms with Crippen molar-refractivity contribution in [3.05, 3.63) is 29.8 Å². The van der Waals surface area contributed by atoms with Crippen LogP contribution in [0.2, 0.25) is 0 Å². The van der Waals surface area contributed by atoms with Gasteiger partial charge >= 0.3 is 6.03 Å². The first-order chi connectivity index (χ1) is 9.92. The van der Waals surface area contributed by atoms with Crippen LogP contribution in [0.4, 0.5) is 4.79 Å². The van der Waals surface area contributed by atoms with E-state index >= 15 is 0 Å². The highest BCUT2D eigenvalue weighted by molar-refractivity contribution is 5.74. The number of ether oxygens (including phenoxy) is 1. The van der Waals surface area contributed by atoms with E-state index < -0.39 is 6.10 Å². The highest BCUT2D eigenvalue weighted by Gasteiger charge is 2.13. The van der Waals surface area contributed by atoms with E-state index in [1.165, 1.54) is 0 Å². The molecule has 0 spiro atoms. The van der Waals surface area contributed by atoms with Crippen LogP contribution >= 0.6 is 0 Å². The van der Waals surface area contributed by atoms with Crippen LogP contribution in [0.15, 0.2) is 24.3 Å². The van der Waals surface area contributed by atoms with Gasteiger partial charge in [0.2, 0.25) is 0 Å². The third kappa shape index (κ3) is 6.49. The average molecular weight is 294 g/mol. The number of aliphatic hydroxyl groups is 1. The maximum atomic E-state index is 12.0. The van der Waals surface area contributed by atoms with E-state index in [0.29, 0.717) is 13.0 Å². The molecule has 0 aromatic heterocycles. The number of carbonyl (C=O) groups is 1. The number of urea groups is 1. The normalized spacial score (nSPS) is 13.4. The SMILES string of the molecule is COc1cccc(CC(C)NC(=O)N(C)CCC(C)O)c1. The van der Waals surface area contributed by atoms with Crippen LogP contribution in [0, 0.1) is 0 Å². The maximum Gasteiger partial charge on any atom is 0.317 e. The van der Waals surface area contributed by atoms with Crippen molar-refractivity contribution in [3.8, 4) is 5.75 Å². The van der Waals surface area contributed by atoms with Crippen molar-refractivity contribution >= 4 is 6.03 Å². The van der Waals surface area contributed by atoms with Crippen molar-refractivity contribution < 1.29 is 14.6 Å². The van der Waals surface area contributed by atoms with Gasteiger partial charge in [0.15, 0.2) is 0 Å². The van der Waals surface area contributed by atoms with Crippen molar-refractivity contribution in [3.63, 3.8) is 0 Å². The minimum Gasteiger partial charge on any atom is -0.497 e. The van der Waals surface area contributed by atoms with Gasteiger partial charge in [0.25, 0.3) is 0 Å². The zero-order valence-electron chi connectivity index (χ0n) is 13.3. The molecule has 0 radical (unpaired) electrons. The van der Waals surface area contributed by atoms with Gasteiger partial charge in [0.1, 0.15) is 5.75 Å². The fraction of sp³-hybridized carbons (Fsp3) is 0.562. The predicted octanol–water partition coefficient (Wildman–Crippen LogP) is 2.04. The molecule has 1 aromatic rings. The summed E-state index contributed by atoms with van der Waals surface area (Å²) >= 11 is 0. The van der Waals surface area contributed by atoms with Crippen LogP contribution < -0.4 is 10.1 Å². The van der Waals surface area contributed by atoms with Crippen molar-refractivity contribution in [1.82, 2.24) is 10.2 Å². The molecule has 2 atom stereocenters. The Bertz CT molecular complexity index is 449. The Hall–Kier alpha value is -1.75. The fourth-order valence-corrected chi connectivity index (χ4v) is 2.01. The highest BCUT2D eigenvalue weighted by atomic mass is 16.5. The standard InChI is InChI=1S/C16H26N2O3/c1-12(10-14-6-5-7-15(11-14)21-4)17-16(20)18(3)9-8-13(2)19/h5-7,11-13,19H,8-10H2,1-4H3,(H,17,20). The zero-order valence-corrected chi connectivity index (χ0v) is 13.3. The number of rotatable bonds is 7. The van der Waals surface area contributed by atoms with Gasteiger partial charge in [0, 0.05) is 19.6 Å². The molecule has 2 N–H and O–H groups in total. The predicted molar refractivity (Wildman–Crippen MR) is 83.6 cm³/mol. The number of methoxy groups -OCH3 is 1. The smallest absolute Gasteiger partial charge is 0.317 e. The summed E-state index contributed by atoms with van der Waals surface area (Å²) in [6.45, 7) is 4.23. The van der Waals surface area contributed by atoms with E-state index in [2.05, 4.69) is 5.32 Å². The average Bonchev–Trinajstić information content (AvgIpc) is 2.44. The second-order valence-corrected chi connectivity index (χ2v) is 5.47. The monoisotopic (exact) mass is 294 g/mol. The van der Waals surface area contributed by atoms with E-state index in [-0.39, 0.29) is 12.1 Å². The molecule has 2 unspecified atom stereocenters. The second-order valence-electron chi connectivity index (χ2n) is 5.47. The molecule has 1 rings (SSSR count). The van der Waals surface area contributed by atoms with Gasteiger partial charge in [-0.2, -0.15) is 0 Å². The van der Waals surface area contributed by atoms with Crippen LogP contribution in [0.25, 0.3) is 0 Å². The van der Waals surface area contributed by atoms with Crippen LogP contribution in [0.1, 0.15) is 25.8 Å². The molecule has 0 heterocycles. The van der Waals surface area contributed by atoms with Crippen LogP contribution in [0.3, 0.4) is 0 Å². The number of amides is 2. The lowest BCUT2D eigenvalue weighted by Crippen LogP contribution is -2.43. The van der Waals surface area contributed by atoms with Crippen molar-refractivity contribution in [2.45, 2.75) is 38.8 Å². The summed E-state index contributed by atoms with van der Waals surface area (Å²) in [5, 5.41) is 12.2. The molecule has 118 valence electrons. The van der Waals surface area contributed by atoms with Crippen LogP contribution in [-0.2, 0) is 6.42 Å². The Morgan fingerprint density at radius 3 is 2.76 bits per heavy atom. The minimum atomic E-state index is -0.394. The number of nitrogens with one attached hydrogen (secondary N) is 1. The van der Waals surface area contributed by atoms with Gasteiger partial charge in [-0.05, 0) is 44.4 Å². The second kappa shape index (κ2) is 8.52. The summed E-state index contributed by atoms with van der Waals surface area (Å²) in [4.78, 5) is 13.6. The molecule has 21 heavy (non-hydrogen) atoms. The van der Waals surface area contributed by atoms with Crippen LogP contribution in [0.5, 0.6) is 5.75 Å². The summed E-state index contributed by atoms with van der Waals surface area (Å²) in [7, 11) is 3.37. The first kappa shape index (κ1) is 17.3. The van der Waals surface area contributed by atoms with Gasteiger partial charge in [0.05, 0.1) is 13.2 Å². The largest absolute Gasteiger partial charge is 0.497 e. The van der Waals surface area contributed by atoms with Gasteiger partial charge in [-0.25, -0.2) is 4.79 Å². The molecule has 2 amide bonds. The quantitative estimate of drug-likeness (QED) is 0.809. The van der Waals surface area contributed by atoms with Gasteiger partial charge in [-0.3, -0.25) is 0 Å². The number of hydrogen-bond acceptors (Lipinski definition) is 3. The molecular formula is C16H26N2O3. The third-order valence-corrected chi connectivity index (χ3v) is 3.27. The van der Waals surface area contributed by atoms with Gasteiger partial charge < -0.3 is 20.1 Å². The number of aliphatic hydroxyl groups excluding tert-OH is 1. The lowest BCUT2D eigenvalue weighted by atomic mass is 10.1. The van der Waals surface area contributed by atoms with E-state index in [9.17, 15) is 9.90 Å². The molecule has 1 aromatic carbocycles. The summed E-state index contributed by atoms with van der Waals surface area (Å²) in [6.07, 6.45) is 0.927. The maximum absolute atomic E-state index is 12.0. The molecule has 0 saturated heterocycles. The fourth-order valence-electron chi connectivity index (χ4n) is 2.01.